The van der Waals surface area contributed by atoms with Crippen molar-refractivity contribution in [2.45, 2.75) is 56.2 Å². The average Bonchev–Trinajstić information content (AvgIpc) is 3.53. The maximum Gasteiger partial charge on any atom is 0.416 e. The van der Waals surface area contributed by atoms with E-state index in [2.05, 4.69) is 19.7 Å². The van der Waals surface area contributed by atoms with E-state index in [0.29, 0.717) is 37.4 Å². The highest BCUT2D eigenvalue weighted by atomic mass is 32.2. The van der Waals surface area contributed by atoms with Gasteiger partial charge in [0.1, 0.15) is 0 Å². The number of carbonyl (C=O) groups is 1. The first-order chi connectivity index (χ1) is 21.9. The molecule has 0 aromatic heterocycles. The van der Waals surface area contributed by atoms with Crippen LogP contribution in [0.4, 0.5) is 26.3 Å². The van der Waals surface area contributed by atoms with Crippen LogP contribution in [0.2, 0.25) is 0 Å². The van der Waals surface area contributed by atoms with Crippen LogP contribution < -0.4 is 0 Å². The Morgan fingerprint density at radius 1 is 0.891 bits per heavy atom. The van der Waals surface area contributed by atoms with Crippen LogP contribution in [0.15, 0.2) is 53.5 Å². The zero-order valence-electron chi connectivity index (χ0n) is 25.4. The van der Waals surface area contributed by atoms with Crippen molar-refractivity contribution >= 4 is 22.8 Å². The predicted molar refractivity (Wildman–Crippen MR) is 164 cm³/mol. The third-order valence-electron chi connectivity index (χ3n) is 9.24. The lowest BCUT2D eigenvalue weighted by molar-refractivity contribution is -0.143. The summed E-state index contributed by atoms with van der Waals surface area (Å²) in [6, 6.07) is 10.6. The second kappa shape index (κ2) is 14.2. The molecule has 5 rings (SSSR count). The van der Waals surface area contributed by atoms with Gasteiger partial charge in [-0.1, -0.05) is 42.1 Å². The fourth-order valence-electron chi connectivity index (χ4n) is 6.92. The predicted octanol–water partition coefficient (Wildman–Crippen LogP) is 5.83. The third kappa shape index (κ3) is 7.98. The zero-order valence-corrected chi connectivity index (χ0v) is 26.2. The molecule has 3 heterocycles. The summed E-state index contributed by atoms with van der Waals surface area (Å²) in [7, 11) is 0. The summed E-state index contributed by atoms with van der Waals surface area (Å²) in [4.78, 5) is 26.1. The molecule has 0 N–H and O–H groups in total. The standard InChI is InChI=1S/C32H36F6N6OS/c1-46-30(40-21-39)43-9-7-27(20-43)42-13-11-41(12-14-42)26-8-10-44(28(19-26)15-22-5-3-2-4-6-22)29(45)23-16-24(31(33,34)35)18-25(17-23)32(36,37)38/h2-6,16-18,26-28H,7-15,19-20H2,1H3/b40-30-. The van der Waals surface area contributed by atoms with E-state index < -0.39 is 41.0 Å². The van der Waals surface area contributed by atoms with E-state index in [-0.39, 0.29) is 18.7 Å². The number of benzene rings is 2. The van der Waals surface area contributed by atoms with E-state index in [0.717, 1.165) is 56.4 Å². The number of thioether (sulfide) groups is 1. The van der Waals surface area contributed by atoms with Gasteiger partial charge >= 0.3 is 12.4 Å². The number of amides is 1. The molecule has 3 aliphatic heterocycles. The minimum absolute atomic E-state index is 0.0504. The maximum atomic E-state index is 13.7. The number of halogens is 6. The Balaban J connectivity index is 1.29. The number of alkyl halides is 6. The number of nitriles is 1. The van der Waals surface area contributed by atoms with Crippen LogP contribution in [-0.2, 0) is 18.8 Å². The minimum Gasteiger partial charge on any atom is -0.349 e. The average molecular weight is 667 g/mol. The number of amidine groups is 1. The van der Waals surface area contributed by atoms with Crippen LogP contribution in [0.1, 0.15) is 46.3 Å². The summed E-state index contributed by atoms with van der Waals surface area (Å²) in [6.07, 6.45) is -3.73. The van der Waals surface area contributed by atoms with Crippen LogP contribution in [0.5, 0.6) is 0 Å². The fraction of sp³-hybridized carbons (Fsp3) is 0.531. The number of likely N-dealkylation sites (tertiary alicyclic amines) is 2. The van der Waals surface area contributed by atoms with Gasteiger partial charge < -0.3 is 9.80 Å². The molecule has 2 aromatic carbocycles. The van der Waals surface area contributed by atoms with Crippen molar-refractivity contribution in [1.29, 1.82) is 5.26 Å². The normalized spacial score (nSPS) is 23.9. The van der Waals surface area contributed by atoms with Crippen LogP contribution in [0, 0.1) is 11.5 Å². The number of rotatable bonds is 5. The Bertz CT molecular complexity index is 1410. The van der Waals surface area contributed by atoms with Crippen molar-refractivity contribution < 1.29 is 31.1 Å². The molecular formula is C32H36F6N6OS. The number of hydrogen-bond acceptors (Lipinski definition) is 6. The summed E-state index contributed by atoms with van der Waals surface area (Å²) in [6.45, 7) is 5.23. The monoisotopic (exact) mass is 666 g/mol. The number of nitrogens with zero attached hydrogens (tertiary/aromatic N) is 6. The first kappa shape index (κ1) is 34.1. The molecule has 0 bridgehead atoms. The molecule has 0 aliphatic carbocycles. The highest BCUT2D eigenvalue weighted by Crippen LogP contribution is 2.37. The molecule has 7 nitrogen and oxygen atoms in total. The molecular weight excluding hydrogens is 630 g/mol. The zero-order chi connectivity index (χ0) is 33.1. The summed E-state index contributed by atoms with van der Waals surface area (Å²) in [5.41, 5.74) is -2.66. The van der Waals surface area contributed by atoms with Gasteiger partial charge in [0.15, 0.2) is 5.17 Å². The number of aliphatic imine (C=N–C) groups is 1. The smallest absolute Gasteiger partial charge is 0.349 e. The van der Waals surface area contributed by atoms with Crippen LogP contribution >= 0.6 is 11.8 Å². The molecule has 3 aliphatic rings. The molecule has 0 radical (unpaired) electrons. The summed E-state index contributed by atoms with van der Waals surface area (Å²) in [5, 5.41) is 9.72. The van der Waals surface area contributed by atoms with Crippen molar-refractivity contribution in [3.8, 4) is 6.19 Å². The molecule has 0 saturated carbocycles. The lowest BCUT2D eigenvalue weighted by Gasteiger charge is -2.47. The Labute approximate surface area is 268 Å². The second-order valence-electron chi connectivity index (χ2n) is 12.0. The van der Waals surface area contributed by atoms with Crippen molar-refractivity contribution in [3.63, 3.8) is 0 Å². The molecule has 2 aromatic rings. The summed E-state index contributed by atoms with van der Waals surface area (Å²) < 4.78 is 81.4. The Morgan fingerprint density at radius 3 is 2.04 bits per heavy atom. The van der Waals surface area contributed by atoms with Crippen molar-refractivity contribution in [2.75, 3.05) is 52.1 Å². The van der Waals surface area contributed by atoms with E-state index in [9.17, 15) is 31.1 Å². The van der Waals surface area contributed by atoms with Gasteiger partial charge in [-0.15, -0.1) is 4.99 Å². The van der Waals surface area contributed by atoms with Crippen LogP contribution in [0.3, 0.4) is 0 Å². The van der Waals surface area contributed by atoms with Crippen molar-refractivity contribution in [3.05, 3.63) is 70.8 Å². The van der Waals surface area contributed by atoms with E-state index >= 15 is 0 Å². The van der Waals surface area contributed by atoms with Crippen LogP contribution in [-0.4, -0.2) is 101 Å². The maximum absolute atomic E-state index is 13.7. The third-order valence-corrected chi connectivity index (χ3v) is 9.96. The van der Waals surface area contributed by atoms with Crippen molar-refractivity contribution in [1.82, 2.24) is 19.6 Å². The second-order valence-corrected chi connectivity index (χ2v) is 12.7. The first-order valence-electron chi connectivity index (χ1n) is 15.3. The van der Waals surface area contributed by atoms with Gasteiger partial charge in [-0.3, -0.25) is 14.6 Å². The van der Waals surface area contributed by atoms with E-state index in [1.807, 2.05) is 42.8 Å². The van der Waals surface area contributed by atoms with Gasteiger partial charge in [0.05, 0.1) is 11.1 Å². The Morgan fingerprint density at radius 2 is 1.48 bits per heavy atom. The number of carbonyl (C=O) groups excluding carboxylic acids is 1. The van der Waals surface area contributed by atoms with Gasteiger partial charge in [-0.25, -0.2) is 0 Å². The molecule has 3 atom stereocenters. The van der Waals surface area contributed by atoms with Crippen LogP contribution in [0.25, 0.3) is 0 Å². The van der Waals surface area contributed by atoms with E-state index in [1.165, 1.54) is 16.7 Å². The van der Waals surface area contributed by atoms with Gasteiger partial charge in [-0.05, 0) is 55.7 Å². The fourth-order valence-corrected chi connectivity index (χ4v) is 7.48. The molecule has 3 fully saturated rings. The molecule has 0 spiro atoms. The molecule has 3 saturated heterocycles. The van der Waals surface area contributed by atoms with Gasteiger partial charge in [-0.2, -0.15) is 31.6 Å². The molecule has 248 valence electrons. The van der Waals surface area contributed by atoms with E-state index in [1.54, 1.807) is 0 Å². The quantitative estimate of drug-likeness (QED) is 0.173. The van der Waals surface area contributed by atoms with Gasteiger partial charge in [0.25, 0.3) is 5.91 Å². The van der Waals surface area contributed by atoms with Gasteiger partial charge in [0, 0.05) is 69.5 Å². The molecule has 14 heteroatoms. The Hall–Kier alpha value is -3.28. The highest BCUT2D eigenvalue weighted by molar-refractivity contribution is 8.13. The summed E-state index contributed by atoms with van der Waals surface area (Å²) >= 11 is 1.46. The molecule has 3 unspecified atom stereocenters. The van der Waals surface area contributed by atoms with Gasteiger partial charge in [0.2, 0.25) is 6.19 Å². The minimum atomic E-state index is -5.03. The van der Waals surface area contributed by atoms with E-state index in [4.69, 9.17) is 5.26 Å². The molecule has 1 amide bonds. The Kier molecular flexibility index (Phi) is 10.5. The van der Waals surface area contributed by atoms with Crippen molar-refractivity contribution in [2.24, 2.45) is 4.99 Å². The lowest BCUT2D eigenvalue weighted by atomic mass is 9.90. The number of piperazine rings is 1. The molecule has 46 heavy (non-hydrogen) atoms. The highest BCUT2D eigenvalue weighted by Gasteiger charge is 2.41. The summed E-state index contributed by atoms with van der Waals surface area (Å²) in [5.74, 6) is -0.823. The SMILES string of the molecule is CS/C(=N\C#N)N1CCC(N2CCN(C3CCN(C(=O)c4cc(C(F)(F)F)cc(C(F)(F)F)c4)C(Cc4ccccc4)C3)CC2)C1. The first-order valence-corrected chi connectivity index (χ1v) is 16.5. The largest absolute Gasteiger partial charge is 0.416 e. The number of hydrogen-bond donors (Lipinski definition) is 0. The number of piperidine rings is 1. The topological polar surface area (TPSA) is 66.2 Å². The lowest BCUT2D eigenvalue weighted by Crippen LogP contribution is -2.58.